The van der Waals surface area contributed by atoms with Gasteiger partial charge in [0.1, 0.15) is 0 Å². The lowest BCUT2D eigenvalue weighted by Gasteiger charge is -2.24. The first-order valence-electron chi connectivity index (χ1n) is 5.25. The molecule has 2 aromatic rings. The molecule has 1 atom stereocenters. The first-order chi connectivity index (χ1) is 7.84. The van der Waals surface area contributed by atoms with Crippen LogP contribution < -0.4 is 5.32 Å². The van der Waals surface area contributed by atoms with Gasteiger partial charge in [0.2, 0.25) is 0 Å². The lowest BCUT2D eigenvalue weighted by Crippen LogP contribution is -2.29. The van der Waals surface area contributed by atoms with Crippen LogP contribution in [0.3, 0.4) is 0 Å². The SMILES string of the molecule is Clc1cncc(C2NCCc3ccsc32)c1. The van der Waals surface area contributed by atoms with Gasteiger partial charge in [-0.25, -0.2) is 0 Å². The average Bonchev–Trinajstić information content (AvgIpc) is 2.76. The Hall–Kier alpha value is -0.900. The molecule has 0 radical (unpaired) electrons. The maximum Gasteiger partial charge on any atom is 0.0689 e. The van der Waals surface area contributed by atoms with Crippen molar-refractivity contribution in [3.8, 4) is 0 Å². The van der Waals surface area contributed by atoms with Crippen molar-refractivity contribution in [3.63, 3.8) is 0 Å². The highest BCUT2D eigenvalue weighted by Gasteiger charge is 2.22. The summed E-state index contributed by atoms with van der Waals surface area (Å²) in [5, 5.41) is 6.37. The van der Waals surface area contributed by atoms with Crippen molar-refractivity contribution < 1.29 is 0 Å². The van der Waals surface area contributed by atoms with Crippen LogP contribution in [-0.2, 0) is 6.42 Å². The van der Waals surface area contributed by atoms with Gasteiger partial charge in [-0.05, 0) is 35.1 Å². The molecule has 0 fully saturated rings. The van der Waals surface area contributed by atoms with Crippen molar-refractivity contribution in [2.75, 3.05) is 6.54 Å². The third-order valence-corrected chi connectivity index (χ3v) is 4.08. The van der Waals surface area contributed by atoms with E-state index in [-0.39, 0.29) is 6.04 Å². The summed E-state index contributed by atoms with van der Waals surface area (Å²) in [5.74, 6) is 0. The average molecular weight is 251 g/mol. The van der Waals surface area contributed by atoms with E-state index in [9.17, 15) is 0 Å². The number of thiophene rings is 1. The highest BCUT2D eigenvalue weighted by Crippen LogP contribution is 2.33. The molecule has 0 bridgehead atoms. The summed E-state index contributed by atoms with van der Waals surface area (Å²) in [6.07, 6.45) is 4.67. The Kier molecular flexibility index (Phi) is 2.67. The fourth-order valence-corrected chi connectivity index (χ4v) is 3.34. The van der Waals surface area contributed by atoms with Gasteiger partial charge in [0, 0.05) is 23.8 Å². The quantitative estimate of drug-likeness (QED) is 0.842. The number of rotatable bonds is 1. The highest BCUT2D eigenvalue weighted by atomic mass is 35.5. The van der Waals surface area contributed by atoms with Gasteiger partial charge in [-0.15, -0.1) is 11.3 Å². The first-order valence-corrected chi connectivity index (χ1v) is 6.50. The van der Waals surface area contributed by atoms with E-state index in [0.717, 1.165) is 18.5 Å². The highest BCUT2D eigenvalue weighted by molar-refractivity contribution is 7.10. The molecule has 82 valence electrons. The minimum absolute atomic E-state index is 0.259. The fourth-order valence-electron chi connectivity index (χ4n) is 2.11. The van der Waals surface area contributed by atoms with Crippen LogP contribution in [0, 0.1) is 0 Å². The van der Waals surface area contributed by atoms with E-state index >= 15 is 0 Å². The summed E-state index contributed by atoms with van der Waals surface area (Å²) in [5.41, 5.74) is 2.60. The molecule has 1 aliphatic rings. The predicted molar refractivity (Wildman–Crippen MR) is 67.1 cm³/mol. The molecule has 0 aliphatic carbocycles. The summed E-state index contributed by atoms with van der Waals surface area (Å²) in [6.45, 7) is 1.01. The molecule has 3 rings (SSSR count). The van der Waals surface area contributed by atoms with Gasteiger partial charge < -0.3 is 5.32 Å². The van der Waals surface area contributed by atoms with Gasteiger partial charge in [0.05, 0.1) is 11.1 Å². The number of nitrogens with zero attached hydrogens (tertiary/aromatic N) is 1. The molecule has 0 saturated heterocycles. The molecule has 0 aromatic carbocycles. The van der Waals surface area contributed by atoms with Crippen LogP contribution in [-0.4, -0.2) is 11.5 Å². The molecule has 16 heavy (non-hydrogen) atoms. The van der Waals surface area contributed by atoms with Gasteiger partial charge in [-0.2, -0.15) is 0 Å². The first kappa shape index (κ1) is 10.3. The molecule has 0 spiro atoms. The molecule has 3 heterocycles. The zero-order valence-electron chi connectivity index (χ0n) is 8.61. The number of pyridine rings is 1. The van der Waals surface area contributed by atoms with Gasteiger partial charge >= 0.3 is 0 Å². The zero-order chi connectivity index (χ0) is 11.0. The number of fused-ring (bicyclic) bond motifs is 1. The van der Waals surface area contributed by atoms with E-state index in [2.05, 4.69) is 21.7 Å². The van der Waals surface area contributed by atoms with E-state index in [1.165, 1.54) is 10.4 Å². The molecule has 1 aliphatic heterocycles. The molecule has 0 amide bonds. The van der Waals surface area contributed by atoms with Crippen LogP contribution in [0.2, 0.25) is 5.02 Å². The summed E-state index contributed by atoms with van der Waals surface area (Å²) < 4.78 is 0. The second-order valence-corrected chi connectivity index (χ2v) is 5.27. The topological polar surface area (TPSA) is 24.9 Å². The van der Waals surface area contributed by atoms with Crippen LogP contribution in [0.5, 0.6) is 0 Å². The third-order valence-electron chi connectivity index (χ3n) is 2.85. The standard InChI is InChI=1S/C12H11ClN2S/c13-10-5-9(6-14-7-10)11-12-8(1-3-15-11)2-4-16-12/h2,4-7,11,15H,1,3H2. The molecular formula is C12H11ClN2S. The van der Waals surface area contributed by atoms with Gasteiger partial charge in [0.25, 0.3) is 0 Å². The maximum absolute atomic E-state index is 5.98. The summed E-state index contributed by atoms with van der Waals surface area (Å²) in [6, 6.07) is 4.46. The van der Waals surface area contributed by atoms with Crippen molar-refractivity contribution in [1.29, 1.82) is 0 Å². The van der Waals surface area contributed by atoms with Crippen LogP contribution in [0.15, 0.2) is 29.9 Å². The van der Waals surface area contributed by atoms with Crippen molar-refractivity contribution in [2.45, 2.75) is 12.5 Å². The van der Waals surface area contributed by atoms with E-state index in [1.54, 1.807) is 17.5 Å². The molecule has 2 aromatic heterocycles. The van der Waals surface area contributed by atoms with Crippen LogP contribution >= 0.6 is 22.9 Å². The molecule has 4 heteroatoms. The predicted octanol–water partition coefficient (Wildman–Crippen LogP) is 3.03. The lowest BCUT2D eigenvalue weighted by molar-refractivity contribution is 0.577. The fraction of sp³-hybridized carbons (Fsp3) is 0.250. The van der Waals surface area contributed by atoms with Gasteiger partial charge in [-0.1, -0.05) is 11.6 Å². The van der Waals surface area contributed by atoms with E-state index < -0.39 is 0 Å². The summed E-state index contributed by atoms with van der Waals surface area (Å²) >= 11 is 7.78. The number of hydrogen-bond donors (Lipinski definition) is 1. The van der Waals surface area contributed by atoms with Crippen LogP contribution in [0.4, 0.5) is 0 Å². The van der Waals surface area contributed by atoms with Crippen molar-refractivity contribution in [3.05, 3.63) is 50.9 Å². The molecule has 1 N–H and O–H groups in total. The number of hydrogen-bond acceptors (Lipinski definition) is 3. The Morgan fingerprint density at radius 1 is 1.44 bits per heavy atom. The van der Waals surface area contributed by atoms with Crippen molar-refractivity contribution in [2.24, 2.45) is 0 Å². The molecular weight excluding hydrogens is 240 g/mol. The Morgan fingerprint density at radius 2 is 2.38 bits per heavy atom. The van der Waals surface area contributed by atoms with Crippen molar-refractivity contribution in [1.82, 2.24) is 10.3 Å². The largest absolute Gasteiger partial charge is 0.305 e. The molecule has 2 nitrogen and oxygen atoms in total. The Morgan fingerprint density at radius 3 is 3.25 bits per heavy atom. The lowest BCUT2D eigenvalue weighted by atomic mass is 9.99. The third kappa shape index (κ3) is 1.75. The Labute approximate surface area is 103 Å². The zero-order valence-corrected chi connectivity index (χ0v) is 10.2. The van der Waals surface area contributed by atoms with E-state index in [1.807, 2.05) is 12.3 Å². The minimum Gasteiger partial charge on any atom is -0.305 e. The Bertz CT molecular complexity index is 509. The second kappa shape index (κ2) is 4.17. The summed E-state index contributed by atoms with van der Waals surface area (Å²) in [4.78, 5) is 5.55. The summed E-state index contributed by atoms with van der Waals surface area (Å²) in [7, 11) is 0. The number of halogens is 1. The Balaban J connectivity index is 2.04. The van der Waals surface area contributed by atoms with Gasteiger partial charge in [0.15, 0.2) is 0 Å². The molecule has 1 unspecified atom stereocenters. The van der Waals surface area contributed by atoms with Crippen LogP contribution in [0.1, 0.15) is 22.0 Å². The van der Waals surface area contributed by atoms with Crippen molar-refractivity contribution >= 4 is 22.9 Å². The number of aromatic nitrogens is 1. The van der Waals surface area contributed by atoms with Crippen LogP contribution in [0.25, 0.3) is 0 Å². The minimum atomic E-state index is 0.259. The monoisotopic (exact) mass is 250 g/mol. The van der Waals surface area contributed by atoms with Gasteiger partial charge in [-0.3, -0.25) is 4.98 Å². The maximum atomic E-state index is 5.98. The smallest absolute Gasteiger partial charge is 0.0689 e. The number of nitrogens with one attached hydrogen (secondary N) is 1. The van der Waals surface area contributed by atoms with E-state index in [0.29, 0.717) is 5.02 Å². The second-order valence-electron chi connectivity index (χ2n) is 3.88. The van der Waals surface area contributed by atoms with E-state index in [4.69, 9.17) is 11.6 Å². The normalized spacial score (nSPS) is 19.4. The molecule has 0 saturated carbocycles.